The molecule has 0 saturated carbocycles. The van der Waals surface area contributed by atoms with Crippen LogP contribution in [-0.2, 0) is 4.79 Å². The fourth-order valence-corrected chi connectivity index (χ4v) is 1.00. The average molecular weight is 191 g/mol. The quantitative estimate of drug-likeness (QED) is 0.734. The summed E-state index contributed by atoms with van der Waals surface area (Å²) in [5.41, 5.74) is 0.938. The van der Waals surface area contributed by atoms with Gasteiger partial charge in [0.05, 0.1) is 7.11 Å². The van der Waals surface area contributed by atoms with E-state index in [9.17, 15) is 4.79 Å². The second-order valence-corrected chi connectivity index (χ2v) is 2.72. The zero-order chi connectivity index (χ0) is 10.4. The number of carbonyl (C=O) groups is 1. The van der Waals surface area contributed by atoms with Crippen molar-refractivity contribution in [3.05, 3.63) is 35.9 Å². The molecule has 0 spiro atoms. The first-order valence-electron chi connectivity index (χ1n) is 4.30. The minimum atomic E-state index is -0.118. The number of hydrogen-bond acceptors (Lipinski definition) is 2. The van der Waals surface area contributed by atoms with Crippen LogP contribution in [0.4, 0.5) is 0 Å². The molecule has 3 nitrogen and oxygen atoms in total. The van der Waals surface area contributed by atoms with Gasteiger partial charge in [-0.1, -0.05) is 12.1 Å². The molecule has 0 saturated heterocycles. The van der Waals surface area contributed by atoms with Crippen LogP contribution in [0.2, 0.25) is 0 Å². The first kappa shape index (κ1) is 10.3. The minimum Gasteiger partial charge on any atom is -0.497 e. The molecule has 1 aromatic carbocycles. The number of carbonyl (C=O) groups excluding carboxylic acids is 1. The summed E-state index contributed by atoms with van der Waals surface area (Å²) >= 11 is 0. The van der Waals surface area contributed by atoms with Crippen molar-refractivity contribution in [2.45, 2.75) is 0 Å². The van der Waals surface area contributed by atoms with Gasteiger partial charge in [0.2, 0.25) is 5.91 Å². The lowest BCUT2D eigenvalue weighted by Crippen LogP contribution is -2.13. The number of benzene rings is 1. The van der Waals surface area contributed by atoms with E-state index in [1.165, 1.54) is 6.08 Å². The van der Waals surface area contributed by atoms with Gasteiger partial charge in [0.1, 0.15) is 5.75 Å². The Morgan fingerprint density at radius 1 is 1.50 bits per heavy atom. The van der Waals surface area contributed by atoms with Crippen LogP contribution in [0.15, 0.2) is 30.3 Å². The van der Waals surface area contributed by atoms with Crippen LogP contribution in [0.25, 0.3) is 6.08 Å². The van der Waals surface area contributed by atoms with Crippen molar-refractivity contribution in [1.82, 2.24) is 5.32 Å². The van der Waals surface area contributed by atoms with E-state index in [4.69, 9.17) is 4.74 Å². The lowest BCUT2D eigenvalue weighted by atomic mass is 10.2. The third-order valence-electron chi connectivity index (χ3n) is 1.77. The van der Waals surface area contributed by atoms with Crippen molar-refractivity contribution in [2.75, 3.05) is 14.2 Å². The molecule has 0 fully saturated rings. The predicted octanol–water partition coefficient (Wildman–Crippen LogP) is 1.45. The molecule has 0 radical (unpaired) electrons. The summed E-state index contributed by atoms with van der Waals surface area (Å²) in [7, 11) is 3.21. The summed E-state index contributed by atoms with van der Waals surface area (Å²) in [4.78, 5) is 10.9. The Balaban J connectivity index is 2.76. The van der Waals surface area contributed by atoms with E-state index in [1.807, 2.05) is 24.3 Å². The standard InChI is InChI=1S/C11H13NO2/c1-12-11(13)7-6-9-4-3-5-10(8-9)14-2/h3-8H,1-2H3,(H,12,13)/b7-6-. The molecule has 0 aromatic heterocycles. The third-order valence-corrected chi connectivity index (χ3v) is 1.77. The van der Waals surface area contributed by atoms with Crippen molar-refractivity contribution in [3.63, 3.8) is 0 Å². The zero-order valence-corrected chi connectivity index (χ0v) is 8.28. The van der Waals surface area contributed by atoms with Crippen LogP contribution >= 0.6 is 0 Å². The largest absolute Gasteiger partial charge is 0.497 e. The Labute approximate surface area is 83.4 Å². The average Bonchev–Trinajstić information content (AvgIpc) is 2.26. The summed E-state index contributed by atoms with van der Waals surface area (Å²) in [6, 6.07) is 7.50. The van der Waals surface area contributed by atoms with E-state index < -0.39 is 0 Å². The summed E-state index contributed by atoms with van der Waals surface area (Å²) < 4.78 is 5.05. The third kappa shape index (κ3) is 2.94. The van der Waals surface area contributed by atoms with E-state index in [1.54, 1.807) is 20.2 Å². The Hall–Kier alpha value is -1.77. The topological polar surface area (TPSA) is 38.3 Å². The van der Waals surface area contributed by atoms with Gasteiger partial charge >= 0.3 is 0 Å². The highest BCUT2D eigenvalue weighted by atomic mass is 16.5. The Morgan fingerprint density at radius 2 is 2.29 bits per heavy atom. The number of likely N-dealkylation sites (N-methyl/N-ethyl adjacent to an activating group) is 1. The van der Waals surface area contributed by atoms with Crippen LogP contribution < -0.4 is 10.1 Å². The number of amides is 1. The smallest absolute Gasteiger partial charge is 0.243 e. The maximum absolute atomic E-state index is 10.9. The normalized spacial score (nSPS) is 10.1. The van der Waals surface area contributed by atoms with Crippen molar-refractivity contribution in [2.24, 2.45) is 0 Å². The molecule has 0 aliphatic carbocycles. The Bertz CT molecular complexity index is 345. The highest BCUT2D eigenvalue weighted by molar-refractivity contribution is 5.91. The fourth-order valence-electron chi connectivity index (χ4n) is 1.00. The molecule has 3 heteroatoms. The second kappa shape index (κ2) is 5.07. The Morgan fingerprint density at radius 3 is 2.93 bits per heavy atom. The molecular weight excluding hydrogens is 178 g/mol. The molecule has 1 aromatic rings. The van der Waals surface area contributed by atoms with Crippen LogP contribution in [0.5, 0.6) is 5.75 Å². The van der Waals surface area contributed by atoms with E-state index in [2.05, 4.69) is 5.32 Å². The maximum atomic E-state index is 10.9. The summed E-state index contributed by atoms with van der Waals surface area (Å²) in [6.45, 7) is 0. The van der Waals surface area contributed by atoms with Crippen molar-refractivity contribution in [1.29, 1.82) is 0 Å². The molecule has 0 aliphatic heterocycles. The molecule has 0 atom stereocenters. The van der Waals surface area contributed by atoms with E-state index in [-0.39, 0.29) is 5.91 Å². The zero-order valence-electron chi connectivity index (χ0n) is 8.28. The molecule has 74 valence electrons. The lowest BCUT2D eigenvalue weighted by molar-refractivity contribution is -0.115. The van der Waals surface area contributed by atoms with E-state index in [0.29, 0.717) is 0 Å². The van der Waals surface area contributed by atoms with Gasteiger partial charge < -0.3 is 10.1 Å². The van der Waals surface area contributed by atoms with Crippen molar-refractivity contribution < 1.29 is 9.53 Å². The van der Waals surface area contributed by atoms with Gasteiger partial charge in [-0.05, 0) is 23.8 Å². The van der Waals surface area contributed by atoms with Crippen LogP contribution in [0.3, 0.4) is 0 Å². The molecule has 1 N–H and O–H groups in total. The molecule has 0 unspecified atom stereocenters. The van der Waals surface area contributed by atoms with Gasteiger partial charge in [-0.15, -0.1) is 0 Å². The molecule has 1 amide bonds. The van der Waals surface area contributed by atoms with E-state index >= 15 is 0 Å². The van der Waals surface area contributed by atoms with E-state index in [0.717, 1.165) is 11.3 Å². The second-order valence-electron chi connectivity index (χ2n) is 2.72. The Kier molecular flexibility index (Phi) is 3.73. The SMILES string of the molecule is CNC(=O)/C=C\c1cccc(OC)c1. The monoisotopic (exact) mass is 191 g/mol. The fraction of sp³-hybridized carbons (Fsp3) is 0.182. The maximum Gasteiger partial charge on any atom is 0.243 e. The van der Waals surface area contributed by atoms with Crippen LogP contribution in [-0.4, -0.2) is 20.1 Å². The molecule has 0 bridgehead atoms. The van der Waals surface area contributed by atoms with Crippen LogP contribution in [0, 0.1) is 0 Å². The van der Waals surface area contributed by atoms with Gasteiger partial charge in [0.25, 0.3) is 0 Å². The number of hydrogen-bond donors (Lipinski definition) is 1. The van der Waals surface area contributed by atoms with Gasteiger partial charge in [-0.3, -0.25) is 4.79 Å². The summed E-state index contributed by atoms with van der Waals surface area (Å²) in [5.74, 6) is 0.664. The summed E-state index contributed by atoms with van der Waals surface area (Å²) in [5, 5.41) is 2.51. The number of nitrogens with one attached hydrogen (secondary N) is 1. The minimum absolute atomic E-state index is 0.118. The number of methoxy groups -OCH3 is 1. The van der Waals surface area contributed by atoms with Crippen LogP contribution in [0.1, 0.15) is 5.56 Å². The molecule has 1 rings (SSSR count). The highest BCUT2D eigenvalue weighted by Crippen LogP contribution is 2.13. The van der Waals surface area contributed by atoms with Crippen molar-refractivity contribution >= 4 is 12.0 Å². The molecule has 0 aliphatic rings. The number of rotatable bonds is 3. The van der Waals surface area contributed by atoms with Gasteiger partial charge in [0, 0.05) is 13.1 Å². The lowest BCUT2D eigenvalue weighted by Gasteiger charge is -1.99. The van der Waals surface area contributed by atoms with Gasteiger partial charge in [-0.2, -0.15) is 0 Å². The van der Waals surface area contributed by atoms with Gasteiger partial charge in [-0.25, -0.2) is 0 Å². The predicted molar refractivity (Wildman–Crippen MR) is 56.1 cm³/mol. The van der Waals surface area contributed by atoms with Crippen molar-refractivity contribution in [3.8, 4) is 5.75 Å². The first-order valence-corrected chi connectivity index (χ1v) is 4.30. The first-order chi connectivity index (χ1) is 6.76. The summed E-state index contributed by atoms with van der Waals surface area (Å²) in [6.07, 6.45) is 3.22. The number of ether oxygens (including phenoxy) is 1. The molecule has 0 heterocycles. The molecular formula is C11H13NO2. The molecule has 14 heavy (non-hydrogen) atoms. The highest BCUT2D eigenvalue weighted by Gasteiger charge is 1.92. The van der Waals surface area contributed by atoms with Gasteiger partial charge in [0.15, 0.2) is 0 Å².